The monoisotopic (exact) mass is 370 g/mol. The van der Waals surface area contributed by atoms with Crippen LogP contribution in [0.25, 0.3) is 6.08 Å². The van der Waals surface area contributed by atoms with E-state index in [1.165, 1.54) is 23.9 Å². The molecule has 0 unspecified atom stereocenters. The summed E-state index contributed by atoms with van der Waals surface area (Å²) < 4.78 is 18.5. The van der Waals surface area contributed by atoms with Crippen LogP contribution in [0.2, 0.25) is 0 Å². The lowest BCUT2D eigenvalue weighted by Crippen LogP contribution is -2.28. The lowest BCUT2D eigenvalue weighted by Gasteiger charge is -2.11. The van der Waals surface area contributed by atoms with Crippen molar-refractivity contribution in [1.29, 1.82) is 0 Å². The van der Waals surface area contributed by atoms with Gasteiger partial charge in [-0.3, -0.25) is 9.69 Å². The van der Waals surface area contributed by atoms with Gasteiger partial charge in [0.2, 0.25) is 0 Å². The zero-order chi connectivity index (χ0) is 18.5. The van der Waals surface area contributed by atoms with E-state index in [0.29, 0.717) is 28.9 Å². The van der Waals surface area contributed by atoms with Crippen molar-refractivity contribution in [2.75, 3.05) is 13.2 Å². The Bertz CT molecular complexity index is 845. The van der Waals surface area contributed by atoms with E-state index in [0.717, 1.165) is 11.3 Å². The van der Waals surface area contributed by atoms with Crippen molar-refractivity contribution in [3.63, 3.8) is 0 Å². The fourth-order valence-corrected chi connectivity index (χ4v) is 3.54. The molecule has 1 saturated heterocycles. The molecule has 0 aromatic heterocycles. The van der Waals surface area contributed by atoms with Crippen molar-refractivity contribution < 1.29 is 13.9 Å². The van der Waals surface area contributed by atoms with Crippen molar-refractivity contribution in [1.82, 2.24) is 4.90 Å². The molecule has 134 valence electrons. The van der Waals surface area contributed by atoms with Crippen LogP contribution in [0.15, 0.2) is 58.4 Å². The second-order valence-corrected chi connectivity index (χ2v) is 6.54. The quantitative estimate of drug-likeness (QED) is 0.707. The number of ether oxygens (including phenoxy) is 1. The number of aliphatic imine (C=N–C) groups is 1. The fourth-order valence-electron chi connectivity index (χ4n) is 2.47. The highest BCUT2D eigenvalue weighted by Crippen LogP contribution is 2.34. The zero-order valence-electron chi connectivity index (χ0n) is 14.6. The number of rotatable bonds is 5. The number of likely N-dealkylation sites (N-methyl/N-ethyl adjacent to an activating group) is 1. The molecule has 1 amide bonds. The fraction of sp³-hybridized carbons (Fsp3) is 0.200. The number of carbonyl (C=O) groups excluding carboxylic acids is 1. The topological polar surface area (TPSA) is 41.9 Å². The Hall–Kier alpha value is -2.60. The summed E-state index contributed by atoms with van der Waals surface area (Å²) in [5.74, 6) is 0.411. The molecule has 1 aliphatic rings. The molecule has 2 aromatic carbocycles. The molecule has 0 spiro atoms. The second-order valence-electron chi connectivity index (χ2n) is 5.53. The summed E-state index contributed by atoms with van der Waals surface area (Å²) in [6, 6.07) is 13.5. The first-order valence-electron chi connectivity index (χ1n) is 8.39. The maximum absolute atomic E-state index is 13.1. The van der Waals surface area contributed by atoms with E-state index in [1.54, 1.807) is 17.0 Å². The Morgan fingerprint density at radius 3 is 2.42 bits per heavy atom. The molecule has 0 aliphatic carbocycles. The Labute approximate surface area is 156 Å². The van der Waals surface area contributed by atoms with Gasteiger partial charge in [0.25, 0.3) is 5.91 Å². The van der Waals surface area contributed by atoms with Crippen LogP contribution in [-0.4, -0.2) is 29.1 Å². The first kappa shape index (κ1) is 18.2. The van der Waals surface area contributed by atoms with Crippen LogP contribution in [0, 0.1) is 5.82 Å². The van der Waals surface area contributed by atoms with E-state index < -0.39 is 0 Å². The highest BCUT2D eigenvalue weighted by Gasteiger charge is 2.32. The van der Waals surface area contributed by atoms with Gasteiger partial charge in [-0.25, -0.2) is 9.38 Å². The first-order valence-corrected chi connectivity index (χ1v) is 9.21. The minimum atomic E-state index is -0.312. The Morgan fingerprint density at radius 1 is 1.12 bits per heavy atom. The highest BCUT2D eigenvalue weighted by molar-refractivity contribution is 8.18. The van der Waals surface area contributed by atoms with Gasteiger partial charge in [-0.2, -0.15) is 0 Å². The van der Waals surface area contributed by atoms with Crippen LogP contribution in [0.3, 0.4) is 0 Å². The molecule has 1 aliphatic heterocycles. The maximum atomic E-state index is 13.1. The Balaban J connectivity index is 1.85. The molecule has 0 atom stereocenters. The molecule has 2 aromatic rings. The standard InChI is InChI=1S/C20H19FN2O2S/c1-3-23-19(24)18(13-14-5-11-17(12-6-14)25-4-2)26-20(23)22-16-9-7-15(21)8-10-16/h5-13H,3-4H2,1-2H3/b18-13+,22-20?. The Morgan fingerprint density at radius 2 is 1.81 bits per heavy atom. The van der Waals surface area contributed by atoms with Crippen molar-refractivity contribution in [2.45, 2.75) is 13.8 Å². The van der Waals surface area contributed by atoms with E-state index in [-0.39, 0.29) is 11.7 Å². The minimum absolute atomic E-state index is 0.0766. The summed E-state index contributed by atoms with van der Waals surface area (Å²) in [5.41, 5.74) is 1.53. The number of hydrogen-bond donors (Lipinski definition) is 0. The van der Waals surface area contributed by atoms with E-state index >= 15 is 0 Å². The molecule has 1 fully saturated rings. The minimum Gasteiger partial charge on any atom is -0.494 e. The van der Waals surface area contributed by atoms with Crippen molar-refractivity contribution in [3.05, 3.63) is 64.8 Å². The number of thioether (sulfide) groups is 1. The van der Waals surface area contributed by atoms with Crippen molar-refractivity contribution >= 4 is 34.6 Å². The number of halogens is 1. The van der Waals surface area contributed by atoms with Crippen LogP contribution < -0.4 is 4.74 Å². The van der Waals surface area contributed by atoms with Gasteiger partial charge in [0.1, 0.15) is 11.6 Å². The predicted octanol–water partition coefficient (Wildman–Crippen LogP) is 4.85. The summed E-state index contributed by atoms with van der Waals surface area (Å²) in [6.45, 7) is 4.97. The molecule has 0 bridgehead atoms. The molecular weight excluding hydrogens is 351 g/mol. The maximum Gasteiger partial charge on any atom is 0.266 e. The summed E-state index contributed by atoms with van der Waals surface area (Å²) in [6.07, 6.45) is 1.85. The molecule has 0 N–H and O–H groups in total. The molecular formula is C20H19FN2O2S. The summed E-state index contributed by atoms with van der Waals surface area (Å²) >= 11 is 1.32. The van der Waals surface area contributed by atoms with Crippen LogP contribution >= 0.6 is 11.8 Å². The summed E-state index contributed by atoms with van der Waals surface area (Å²) in [5, 5.41) is 0.598. The smallest absolute Gasteiger partial charge is 0.266 e. The Kier molecular flexibility index (Phi) is 5.73. The number of amidine groups is 1. The zero-order valence-corrected chi connectivity index (χ0v) is 15.4. The highest BCUT2D eigenvalue weighted by atomic mass is 32.2. The van der Waals surface area contributed by atoms with E-state index in [2.05, 4.69) is 4.99 Å². The summed E-state index contributed by atoms with van der Waals surface area (Å²) in [4.78, 5) is 19.4. The number of benzene rings is 2. The van der Waals surface area contributed by atoms with Crippen LogP contribution in [0.4, 0.5) is 10.1 Å². The summed E-state index contributed by atoms with van der Waals surface area (Å²) in [7, 11) is 0. The normalized spacial score (nSPS) is 17.3. The largest absolute Gasteiger partial charge is 0.494 e. The third kappa shape index (κ3) is 4.14. The average Bonchev–Trinajstić information content (AvgIpc) is 2.93. The van der Waals surface area contributed by atoms with Gasteiger partial charge in [-0.1, -0.05) is 12.1 Å². The van der Waals surface area contributed by atoms with Gasteiger partial charge >= 0.3 is 0 Å². The van der Waals surface area contributed by atoms with Crippen molar-refractivity contribution in [2.24, 2.45) is 4.99 Å². The van der Waals surface area contributed by atoms with E-state index in [1.807, 2.05) is 44.2 Å². The lowest BCUT2D eigenvalue weighted by atomic mass is 10.2. The number of amides is 1. The van der Waals surface area contributed by atoms with Crippen LogP contribution in [0.1, 0.15) is 19.4 Å². The molecule has 0 radical (unpaired) electrons. The SMILES string of the molecule is CCOc1ccc(/C=C2/SC(=Nc3ccc(F)cc3)N(CC)C2=O)cc1. The molecule has 1 heterocycles. The number of carbonyl (C=O) groups is 1. The van der Waals surface area contributed by atoms with E-state index in [9.17, 15) is 9.18 Å². The molecule has 4 nitrogen and oxygen atoms in total. The van der Waals surface area contributed by atoms with Gasteiger partial charge in [-0.15, -0.1) is 0 Å². The predicted molar refractivity (Wildman–Crippen MR) is 104 cm³/mol. The van der Waals surface area contributed by atoms with Gasteiger partial charge in [0, 0.05) is 6.54 Å². The average molecular weight is 370 g/mol. The number of hydrogen-bond acceptors (Lipinski definition) is 4. The van der Waals surface area contributed by atoms with Crippen molar-refractivity contribution in [3.8, 4) is 5.75 Å². The van der Waals surface area contributed by atoms with Gasteiger partial charge in [0.15, 0.2) is 5.17 Å². The molecule has 3 rings (SSSR count). The van der Waals surface area contributed by atoms with Gasteiger partial charge in [-0.05, 0) is 73.6 Å². The number of nitrogens with zero attached hydrogens (tertiary/aromatic N) is 2. The van der Waals surface area contributed by atoms with E-state index in [4.69, 9.17) is 4.74 Å². The third-order valence-electron chi connectivity index (χ3n) is 3.74. The first-order chi connectivity index (χ1) is 12.6. The lowest BCUT2D eigenvalue weighted by molar-refractivity contribution is -0.122. The van der Waals surface area contributed by atoms with Gasteiger partial charge < -0.3 is 4.74 Å². The third-order valence-corrected chi connectivity index (χ3v) is 4.75. The molecule has 0 saturated carbocycles. The second kappa shape index (κ2) is 8.19. The van der Waals surface area contributed by atoms with Crippen LogP contribution in [0.5, 0.6) is 5.75 Å². The molecule has 26 heavy (non-hydrogen) atoms. The van der Waals surface area contributed by atoms with Crippen LogP contribution in [-0.2, 0) is 4.79 Å². The van der Waals surface area contributed by atoms with Gasteiger partial charge in [0.05, 0.1) is 17.2 Å². The molecule has 6 heteroatoms.